The summed E-state index contributed by atoms with van der Waals surface area (Å²) >= 11 is 4.99. The van der Waals surface area contributed by atoms with Crippen LogP contribution in [0.25, 0.3) is 0 Å². The maximum atomic E-state index is 13.2. The molecule has 118 valence electrons. The van der Waals surface area contributed by atoms with E-state index in [0.29, 0.717) is 18.4 Å². The third-order valence-electron chi connectivity index (χ3n) is 2.74. The molecule has 0 fully saturated rings. The number of rotatable bonds is 4. The van der Waals surface area contributed by atoms with Gasteiger partial charge in [0.2, 0.25) is 0 Å². The lowest BCUT2D eigenvalue weighted by molar-refractivity contribution is -0.137. The van der Waals surface area contributed by atoms with Crippen LogP contribution in [0.3, 0.4) is 0 Å². The number of benzene rings is 1. The highest BCUT2D eigenvalue weighted by atomic mass is 32.1. The topological polar surface area (TPSA) is 37.2 Å². The molecule has 3 nitrogen and oxygen atoms in total. The molecule has 2 rings (SSSR count). The van der Waals surface area contributed by atoms with Crippen molar-refractivity contribution in [2.45, 2.75) is 19.3 Å². The van der Waals surface area contributed by atoms with E-state index in [1.54, 1.807) is 12.1 Å². The Kier molecular flexibility index (Phi) is 5.02. The molecule has 0 bridgehead atoms. The van der Waals surface area contributed by atoms with Gasteiger partial charge in [0.25, 0.3) is 0 Å². The number of alkyl halides is 3. The average Bonchev–Trinajstić information content (AvgIpc) is 2.94. The van der Waals surface area contributed by atoms with Crippen LogP contribution >= 0.6 is 12.2 Å². The summed E-state index contributed by atoms with van der Waals surface area (Å²) < 4.78 is 56.1. The molecule has 0 aliphatic carbocycles. The van der Waals surface area contributed by atoms with Gasteiger partial charge >= 0.3 is 6.18 Å². The van der Waals surface area contributed by atoms with Crippen molar-refractivity contribution < 1.29 is 22.0 Å². The standard InChI is InChI=1S/C14H12F4N2OS/c15-11-5-9(4-10(6-11)14(16,17)18)7-19-13(22)20-8-12-2-1-3-21-12/h1-6H,7-8H2,(H2,19,20,22). The Morgan fingerprint density at radius 2 is 1.86 bits per heavy atom. The lowest BCUT2D eigenvalue weighted by Crippen LogP contribution is -2.34. The molecule has 1 aromatic carbocycles. The second kappa shape index (κ2) is 6.78. The van der Waals surface area contributed by atoms with Gasteiger partial charge in [0, 0.05) is 6.54 Å². The van der Waals surface area contributed by atoms with Crippen molar-refractivity contribution in [3.8, 4) is 0 Å². The Balaban J connectivity index is 1.91. The third-order valence-corrected chi connectivity index (χ3v) is 3.03. The molecule has 0 unspecified atom stereocenters. The fraction of sp³-hybridized carbons (Fsp3) is 0.214. The number of furan rings is 1. The Labute approximate surface area is 129 Å². The molecule has 0 atom stereocenters. The summed E-state index contributed by atoms with van der Waals surface area (Å²) in [5.41, 5.74) is -0.881. The van der Waals surface area contributed by atoms with Crippen molar-refractivity contribution in [3.63, 3.8) is 0 Å². The smallest absolute Gasteiger partial charge is 0.416 e. The Morgan fingerprint density at radius 1 is 1.14 bits per heavy atom. The summed E-state index contributed by atoms with van der Waals surface area (Å²) in [6.07, 6.45) is -3.08. The van der Waals surface area contributed by atoms with E-state index in [1.165, 1.54) is 6.26 Å². The average molecular weight is 332 g/mol. The van der Waals surface area contributed by atoms with Crippen LogP contribution in [0.15, 0.2) is 41.0 Å². The normalized spacial score (nSPS) is 11.3. The van der Waals surface area contributed by atoms with Gasteiger partial charge in [0.1, 0.15) is 11.6 Å². The Hall–Kier alpha value is -2.09. The molecule has 1 aromatic heterocycles. The van der Waals surface area contributed by atoms with E-state index in [2.05, 4.69) is 10.6 Å². The molecule has 1 heterocycles. The molecule has 0 spiro atoms. The van der Waals surface area contributed by atoms with E-state index >= 15 is 0 Å². The first-order valence-corrected chi connectivity index (χ1v) is 6.66. The minimum Gasteiger partial charge on any atom is -0.467 e. The number of thiocarbonyl (C=S) groups is 1. The molecule has 0 saturated carbocycles. The molecule has 22 heavy (non-hydrogen) atoms. The largest absolute Gasteiger partial charge is 0.467 e. The summed E-state index contributed by atoms with van der Waals surface area (Å²) in [5, 5.41) is 5.77. The van der Waals surface area contributed by atoms with Crippen molar-refractivity contribution in [3.05, 3.63) is 59.3 Å². The predicted octanol–water partition coefficient (Wildman–Crippen LogP) is 3.60. The van der Waals surface area contributed by atoms with Gasteiger partial charge in [0.05, 0.1) is 18.4 Å². The summed E-state index contributed by atoms with van der Waals surface area (Å²) in [5.74, 6) is -0.282. The Bertz CT molecular complexity index is 641. The second-order valence-corrected chi connectivity index (χ2v) is 4.87. The van der Waals surface area contributed by atoms with Gasteiger partial charge in [-0.2, -0.15) is 13.2 Å². The van der Waals surface area contributed by atoms with Crippen molar-refractivity contribution >= 4 is 17.3 Å². The fourth-order valence-electron chi connectivity index (χ4n) is 1.74. The van der Waals surface area contributed by atoms with Gasteiger partial charge in [-0.1, -0.05) is 0 Å². The number of hydrogen-bond donors (Lipinski definition) is 2. The molecule has 0 amide bonds. The lowest BCUT2D eigenvalue weighted by atomic mass is 10.1. The molecule has 0 aliphatic rings. The van der Waals surface area contributed by atoms with E-state index in [1.807, 2.05) is 0 Å². The van der Waals surface area contributed by atoms with Gasteiger partial charge in [-0.3, -0.25) is 0 Å². The maximum absolute atomic E-state index is 13.2. The van der Waals surface area contributed by atoms with Crippen LogP contribution < -0.4 is 10.6 Å². The van der Waals surface area contributed by atoms with E-state index < -0.39 is 17.6 Å². The third kappa shape index (κ3) is 4.73. The minimum absolute atomic E-state index is 0.0230. The van der Waals surface area contributed by atoms with Crippen molar-refractivity contribution in [2.75, 3.05) is 0 Å². The zero-order valence-electron chi connectivity index (χ0n) is 11.2. The zero-order valence-corrected chi connectivity index (χ0v) is 12.0. The maximum Gasteiger partial charge on any atom is 0.416 e. The van der Waals surface area contributed by atoms with Crippen LogP contribution in [-0.4, -0.2) is 5.11 Å². The van der Waals surface area contributed by atoms with E-state index in [9.17, 15) is 17.6 Å². The Morgan fingerprint density at radius 3 is 2.50 bits per heavy atom. The fourth-order valence-corrected chi connectivity index (χ4v) is 1.89. The van der Waals surface area contributed by atoms with Gasteiger partial charge in [-0.05, 0) is 48.1 Å². The second-order valence-electron chi connectivity index (χ2n) is 4.46. The highest BCUT2D eigenvalue weighted by molar-refractivity contribution is 7.80. The molecule has 2 aromatic rings. The first kappa shape index (κ1) is 16.3. The van der Waals surface area contributed by atoms with Gasteiger partial charge in [0.15, 0.2) is 5.11 Å². The molecular weight excluding hydrogens is 320 g/mol. The van der Waals surface area contributed by atoms with Crippen molar-refractivity contribution in [1.82, 2.24) is 10.6 Å². The van der Waals surface area contributed by atoms with Crippen LogP contribution in [-0.2, 0) is 19.3 Å². The highest BCUT2D eigenvalue weighted by Gasteiger charge is 2.31. The summed E-state index contributed by atoms with van der Waals surface area (Å²) in [6, 6.07) is 5.83. The van der Waals surface area contributed by atoms with Gasteiger partial charge < -0.3 is 15.1 Å². The molecule has 0 saturated heterocycles. The first-order valence-electron chi connectivity index (χ1n) is 6.25. The van der Waals surface area contributed by atoms with Crippen molar-refractivity contribution in [1.29, 1.82) is 0 Å². The number of hydrogen-bond acceptors (Lipinski definition) is 2. The van der Waals surface area contributed by atoms with Crippen LogP contribution in [0.2, 0.25) is 0 Å². The molecular formula is C14H12F4N2OS. The summed E-state index contributed by atoms with van der Waals surface area (Å²) in [7, 11) is 0. The lowest BCUT2D eigenvalue weighted by Gasteiger charge is -2.12. The monoisotopic (exact) mass is 332 g/mol. The van der Waals surface area contributed by atoms with Gasteiger partial charge in [-0.25, -0.2) is 4.39 Å². The van der Waals surface area contributed by atoms with E-state index in [-0.39, 0.29) is 17.2 Å². The van der Waals surface area contributed by atoms with E-state index in [0.717, 1.165) is 12.1 Å². The van der Waals surface area contributed by atoms with Crippen molar-refractivity contribution in [2.24, 2.45) is 0 Å². The zero-order chi connectivity index (χ0) is 16.2. The van der Waals surface area contributed by atoms with Gasteiger partial charge in [-0.15, -0.1) is 0 Å². The molecule has 2 N–H and O–H groups in total. The van der Waals surface area contributed by atoms with E-state index in [4.69, 9.17) is 16.6 Å². The predicted molar refractivity (Wildman–Crippen MR) is 76.4 cm³/mol. The minimum atomic E-state index is -4.59. The summed E-state index contributed by atoms with van der Waals surface area (Å²) in [6.45, 7) is 0.320. The quantitative estimate of drug-likeness (QED) is 0.663. The summed E-state index contributed by atoms with van der Waals surface area (Å²) in [4.78, 5) is 0. The number of nitrogens with one attached hydrogen (secondary N) is 2. The number of halogens is 4. The molecule has 0 radical (unpaired) electrons. The highest BCUT2D eigenvalue weighted by Crippen LogP contribution is 2.30. The van der Waals surface area contributed by atoms with Crippen LogP contribution in [0.4, 0.5) is 17.6 Å². The van der Waals surface area contributed by atoms with Crippen LogP contribution in [0.1, 0.15) is 16.9 Å². The molecule has 0 aliphatic heterocycles. The molecule has 8 heteroatoms. The van der Waals surface area contributed by atoms with Crippen LogP contribution in [0, 0.1) is 5.82 Å². The SMILES string of the molecule is Fc1cc(CNC(=S)NCc2ccco2)cc(C(F)(F)F)c1. The first-order chi connectivity index (χ1) is 10.3. The van der Waals surface area contributed by atoms with Crippen LogP contribution in [0.5, 0.6) is 0 Å².